The van der Waals surface area contributed by atoms with Gasteiger partial charge in [0, 0.05) is 11.3 Å². The van der Waals surface area contributed by atoms with Gasteiger partial charge in [0.2, 0.25) is 5.91 Å². The van der Waals surface area contributed by atoms with Gasteiger partial charge in [0.15, 0.2) is 0 Å². The summed E-state index contributed by atoms with van der Waals surface area (Å²) in [5.41, 5.74) is 5.11. The summed E-state index contributed by atoms with van der Waals surface area (Å²) in [6.07, 6.45) is 1.35. The molecule has 4 aromatic rings. The van der Waals surface area contributed by atoms with Crippen LogP contribution in [0.3, 0.4) is 0 Å². The van der Waals surface area contributed by atoms with Crippen molar-refractivity contribution in [1.82, 2.24) is 13.9 Å². The second kappa shape index (κ2) is 7.79. The van der Waals surface area contributed by atoms with Crippen molar-refractivity contribution in [2.75, 3.05) is 5.32 Å². The number of hydrogen-bond acceptors (Lipinski definition) is 5. The number of halogens is 1. The monoisotopic (exact) mass is 422 g/mol. The average molecular weight is 422 g/mol. The van der Waals surface area contributed by atoms with Crippen molar-refractivity contribution in [2.45, 2.75) is 27.3 Å². The molecule has 0 unspecified atom stereocenters. The van der Waals surface area contributed by atoms with E-state index >= 15 is 0 Å². The van der Waals surface area contributed by atoms with Gasteiger partial charge in [-0.05, 0) is 67.7 Å². The Morgan fingerprint density at radius 1 is 1.13 bits per heavy atom. The molecule has 2 heterocycles. The Morgan fingerprint density at radius 2 is 1.80 bits per heavy atom. The molecule has 0 aliphatic carbocycles. The molecule has 4 rings (SSSR count). The van der Waals surface area contributed by atoms with Gasteiger partial charge >= 0.3 is 0 Å². The Morgan fingerprint density at radius 3 is 2.47 bits per heavy atom. The molecular formula is C22H19FN4O2S. The third kappa shape index (κ3) is 3.73. The molecule has 0 atom stereocenters. The summed E-state index contributed by atoms with van der Waals surface area (Å²) in [4.78, 5) is 29.8. The number of fused-ring (bicyclic) bond motifs is 1. The lowest BCUT2D eigenvalue weighted by atomic mass is 10.1. The smallest absolute Gasteiger partial charge is 0.273 e. The second-order valence-corrected chi connectivity index (χ2v) is 7.99. The van der Waals surface area contributed by atoms with Gasteiger partial charge in [-0.15, -0.1) is 0 Å². The van der Waals surface area contributed by atoms with Crippen LogP contribution in [0.5, 0.6) is 0 Å². The predicted octanol–water partition coefficient (Wildman–Crippen LogP) is 4.22. The lowest BCUT2D eigenvalue weighted by Crippen LogP contribution is -2.27. The zero-order valence-corrected chi connectivity index (χ0v) is 17.5. The molecule has 0 fully saturated rings. The highest BCUT2D eigenvalue weighted by Crippen LogP contribution is 2.27. The van der Waals surface area contributed by atoms with Crippen molar-refractivity contribution < 1.29 is 9.18 Å². The highest BCUT2D eigenvalue weighted by atomic mass is 32.1. The molecule has 0 saturated carbocycles. The largest absolute Gasteiger partial charge is 0.324 e. The van der Waals surface area contributed by atoms with E-state index in [0.717, 1.165) is 33.9 Å². The first-order valence-corrected chi connectivity index (χ1v) is 10.1. The number of anilines is 1. The van der Waals surface area contributed by atoms with Crippen LogP contribution in [0.25, 0.3) is 21.5 Å². The predicted molar refractivity (Wildman–Crippen MR) is 116 cm³/mol. The lowest BCUT2D eigenvalue weighted by molar-refractivity contribution is -0.116. The fourth-order valence-electron chi connectivity index (χ4n) is 3.48. The number of nitrogens with zero attached hydrogens (tertiary/aromatic N) is 3. The Labute approximate surface area is 176 Å². The van der Waals surface area contributed by atoms with Crippen molar-refractivity contribution in [1.29, 1.82) is 0 Å². The standard InChI is InChI=1S/C22H19FN4O2S/c1-12-8-13(2)18(14(3)9-12)25-17(28)10-27-11-24-20-19(26-30-21(20)22(27)29)15-4-6-16(23)7-5-15/h4-9,11H,10H2,1-3H3,(H,25,28). The maximum absolute atomic E-state index is 13.2. The van der Waals surface area contributed by atoms with Crippen LogP contribution in [0.4, 0.5) is 10.1 Å². The van der Waals surface area contributed by atoms with E-state index < -0.39 is 0 Å². The molecule has 0 aliphatic rings. The number of carbonyl (C=O) groups excluding carboxylic acids is 1. The third-order valence-electron chi connectivity index (χ3n) is 4.82. The first-order valence-electron chi connectivity index (χ1n) is 9.32. The van der Waals surface area contributed by atoms with Crippen molar-refractivity contribution in [3.8, 4) is 11.3 Å². The highest BCUT2D eigenvalue weighted by Gasteiger charge is 2.16. The van der Waals surface area contributed by atoms with Gasteiger partial charge < -0.3 is 5.32 Å². The fraction of sp³-hybridized carbons (Fsp3) is 0.182. The van der Waals surface area contributed by atoms with Crippen molar-refractivity contribution >= 4 is 33.3 Å². The molecule has 0 spiro atoms. The number of aryl methyl sites for hydroxylation is 3. The van der Waals surface area contributed by atoms with E-state index in [1.165, 1.54) is 23.0 Å². The molecule has 6 nitrogen and oxygen atoms in total. The summed E-state index contributed by atoms with van der Waals surface area (Å²) in [5, 5.41) is 2.89. The molecule has 8 heteroatoms. The van der Waals surface area contributed by atoms with E-state index in [1.807, 2.05) is 32.9 Å². The van der Waals surface area contributed by atoms with Crippen LogP contribution in [0.15, 0.2) is 47.5 Å². The minimum absolute atomic E-state index is 0.154. The molecule has 0 aliphatic heterocycles. The summed E-state index contributed by atoms with van der Waals surface area (Å²) in [7, 11) is 0. The van der Waals surface area contributed by atoms with Crippen LogP contribution in [-0.4, -0.2) is 19.8 Å². The van der Waals surface area contributed by atoms with E-state index in [2.05, 4.69) is 14.7 Å². The third-order valence-corrected chi connectivity index (χ3v) is 5.65. The minimum Gasteiger partial charge on any atom is -0.324 e. The van der Waals surface area contributed by atoms with Gasteiger partial charge in [-0.25, -0.2) is 9.37 Å². The summed E-state index contributed by atoms with van der Waals surface area (Å²) < 4.78 is 19.1. The lowest BCUT2D eigenvalue weighted by Gasteiger charge is -2.13. The van der Waals surface area contributed by atoms with Gasteiger partial charge in [0.25, 0.3) is 5.56 Å². The van der Waals surface area contributed by atoms with Crippen molar-refractivity contribution in [3.63, 3.8) is 0 Å². The van der Waals surface area contributed by atoms with Gasteiger partial charge in [-0.1, -0.05) is 17.7 Å². The van der Waals surface area contributed by atoms with E-state index in [9.17, 15) is 14.0 Å². The van der Waals surface area contributed by atoms with Crippen LogP contribution in [0, 0.1) is 26.6 Å². The number of benzene rings is 2. The van der Waals surface area contributed by atoms with Gasteiger partial charge in [0.05, 0.1) is 6.33 Å². The van der Waals surface area contributed by atoms with Gasteiger partial charge in [0.1, 0.15) is 28.3 Å². The molecule has 1 N–H and O–H groups in total. The molecular weight excluding hydrogens is 403 g/mol. The zero-order valence-electron chi connectivity index (χ0n) is 16.7. The molecule has 0 radical (unpaired) electrons. The molecule has 0 saturated heterocycles. The number of aromatic nitrogens is 3. The number of hydrogen-bond donors (Lipinski definition) is 1. The van der Waals surface area contributed by atoms with Crippen LogP contribution in [0.2, 0.25) is 0 Å². The SMILES string of the molecule is Cc1cc(C)c(NC(=O)Cn2cnc3c(-c4ccc(F)cc4)nsc3c2=O)c(C)c1. The van der Waals surface area contributed by atoms with E-state index in [1.54, 1.807) is 12.1 Å². The molecule has 2 aromatic heterocycles. The Hall–Kier alpha value is -3.39. The van der Waals surface area contributed by atoms with Crippen LogP contribution < -0.4 is 10.9 Å². The summed E-state index contributed by atoms with van der Waals surface area (Å²) >= 11 is 1.02. The molecule has 30 heavy (non-hydrogen) atoms. The number of carbonyl (C=O) groups is 1. The van der Waals surface area contributed by atoms with E-state index in [-0.39, 0.29) is 23.8 Å². The van der Waals surface area contributed by atoms with E-state index in [0.29, 0.717) is 21.5 Å². The summed E-state index contributed by atoms with van der Waals surface area (Å²) in [5.74, 6) is -0.657. The van der Waals surface area contributed by atoms with E-state index in [4.69, 9.17) is 0 Å². The summed E-state index contributed by atoms with van der Waals surface area (Å²) in [6, 6.07) is 9.85. The number of nitrogens with one attached hydrogen (secondary N) is 1. The Bertz CT molecular complexity index is 1300. The normalized spacial score (nSPS) is 11.1. The maximum atomic E-state index is 13.2. The molecule has 152 valence electrons. The van der Waals surface area contributed by atoms with Crippen LogP contribution in [-0.2, 0) is 11.3 Å². The summed E-state index contributed by atoms with van der Waals surface area (Å²) in [6.45, 7) is 5.72. The van der Waals surface area contributed by atoms with Gasteiger partial charge in [-0.3, -0.25) is 14.2 Å². The number of amides is 1. The van der Waals surface area contributed by atoms with Crippen LogP contribution in [0.1, 0.15) is 16.7 Å². The topological polar surface area (TPSA) is 76.9 Å². The average Bonchev–Trinajstić information content (AvgIpc) is 3.12. The van der Waals surface area contributed by atoms with Crippen LogP contribution >= 0.6 is 11.5 Å². The Balaban J connectivity index is 1.61. The molecule has 2 aromatic carbocycles. The molecule has 1 amide bonds. The molecule has 0 bridgehead atoms. The quantitative estimate of drug-likeness (QED) is 0.534. The zero-order chi connectivity index (χ0) is 21.4. The van der Waals surface area contributed by atoms with Crippen molar-refractivity contribution in [3.05, 3.63) is 75.6 Å². The van der Waals surface area contributed by atoms with Crippen molar-refractivity contribution in [2.24, 2.45) is 0 Å². The maximum Gasteiger partial charge on any atom is 0.273 e. The second-order valence-electron chi connectivity index (χ2n) is 7.22. The van der Waals surface area contributed by atoms with Gasteiger partial charge in [-0.2, -0.15) is 4.37 Å². The first kappa shape index (κ1) is 19.9. The Kier molecular flexibility index (Phi) is 5.17. The first-order chi connectivity index (χ1) is 14.3. The fourth-order valence-corrected chi connectivity index (χ4v) is 4.28. The minimum atomic E-state index is -0.348. The highest BCUT2D eigenvalue weighted by molar-refractivity contribution is 7.13. The number of rotatable bonds is 4.